The maximum absolute atomic E-state index is 13.5. The minimum absolute atomic E-state index is 0.00248. The number of morpholine rings is 1. The summed E-state index contributed by atoms with van der Waals surface area (Å²) in [6.07, 6.45) is 1.40. The first-order valence-corrected chi connectivity index (χ1v) is 10.5. The zero-order chi connectivity index (χ0) is 23.3. The van der Waals surface area contributed by atoms with Crippen LogP contribution in [-0.4, -0.2) is 76.1 Å². The Morgan fingerprint density at radius 1 is 1.25 bits per heavy atom. The summed E-state index contributed by atoms with van der Waals surface area (Å²) in [5.41, 5.74) is 6.13. The van der Waals surface area contributed by atoms with E-state index < -0.39 is 29.3 Å². The topological polar surface area (TPSA) is 151 Å². The summed E-state index contributed by atoms with van der Waals surface area (Å²) >= 11 is 0. The zero-order valence-corrected chi connectivity index (χ0v) is 18.2. The van der Waals surface area contributed by atoms with Gasteiger partial charge in [-0.2, -0.15) is 0 Å². The van der Waals surface area contributed by atoms with Gasteiger partial charge in [-0.05, 0) is 5.56 Å². The Morgan fingerprint density at radius 2 is 1.91 bits per heavy atom. The second kappa shape index (κ2) is 9.92. The van der Waals surface area contributed by atoms with Crippen molar-refractivity contribution in [1.82, 2.24) is 20.2 Å². The number of carbonyl (C=O) groups excluding carboxylic acids is 2. The first-order valence-electron chi connectivity index (χ1n) is 10.5. The number of nitrogens with two attached hydrogens (primary N) is 1. The number of rotatable bonds is 8. The van der Waals surface area contributed by atoms with Gasteiger partial charge in [0.1, 0.15) is 12.1 Å². The number of hydrogen-bond donors (Lipinski definition) is 4. The van der Waals surface area contributed by atoms with Gasteiger partial charge >= 0.3 is 12.0 Å². The molecule has 0 bridgehead atoms. The van der Waals surface area contributed by atoms with E-state index in [1.54, 1.807) is 4.90 Å². The predicted octanol–water partition coefficient (Wildman–Crippen LogP) is 0.935. The van der Waals surface area contributed by atoms with Crippen molar-refractivity contribution in [3.63, 3.8) is 0 Å². The molecular weight excluding hydrogens is 414 g/mol. The number of imidazole rings is 1. The van der Waals surface area contributed by atoms with Crippen molar-refractivity contribution in [3.8, 4) is 0 Å². The first-order chi connectivity index (χ1) is 15.2. The molecule has 32 heavy (non-hydrogen) atoms. The van der Waals surface area contributed by atoms with Gasteiger partial charge in [-0.1, -0.05) is 44.2 Å². The lowest BCUT2D eigenvalue weighted by atomic mass is 9.75. The maximum Gasteiger partial charge on any atom is 0.320 e. The van der Waals surface area contributed by atoms with E-state index in [4.69, 9.17) is 15.6 Å². The molecule has 5 N–H and O–H groups in total. The smallest absolute Gasteiger partial charge is 0.320 e. The Kier molecular flexibility index (Phi) is 7.26. The Morgan fingerprint density at radius 3 is 2.53 bits per heavy atom. The number of carbonyl (C=O) groups is 3. The standard InChI is InChI=1S/C22H29N5O5/c1-22(2,14-6-4-3-5-7-14)18(26-21(31)27-8-10-32-11-9-27)17(28)19-24-13-15(25-19)12-16(23)20(29)30/h3-7,13,16,18H,8-12,23H2,1-2H3,(H,24,25)(H,26,31)(H,29,30). The summed E-state index contributed by atoms with van der Waals surface area (Å²) in [6.45, 7) is 5.54. The van der Waals surface area contributed by atoms with Crippen molar-refractivity contribution in [1.29, 1.82) is 0 Å². The number of aromatic amines is 1. The van der Waals surface area contributed by atoms with E-state index in [-0.39, 0.29) is 18.3 Å². The molecule has 2 unspecified atom stereocenters. The quantitative estimate of drug-likeness (QED) is 0.443. The minimum atomic E-state index is -1.15. The number of nitrogens with one attached hydrogen (secondary N) is 2. The van der Waals surface area contributed by atoms with Crippen LogP contribution in [0, 0.1) is 0 Å². The number of benzene rings is 1. The molecule has 2 amide bonds. The number of carboxylic acids is 1. The van der Waals surface area contributed by atoms with Crippen LogP contribution >= 0.6 is 0 Å². The van der Waals surface area contributed by atoms with Crippen LogP contribution in [0.4, 0.5) is 4.79 Å². The van der Waals surface area contributed by atoms with Crippen molar-refractivity contribution in [3.05, 3.63) is 53.6 Å². The third kappa shape index (κ3) is 5.32. The van der Waals surface area contributed by atoms with E-state index in [1.807, 2.05) is 44.2 Å². The molecule has 0 saturated carbocycles. The molecule has 0 spiro atoms. The fourth-order valence-corrected chi connectivity index (χ4v) is 3.64. The summed E-state index contributed by atoms with van der Waals surface area (Å²) in [5, 5.41) is 11.9. The van der Waals surface area contributed by atoms with Gasteiger partial charge in [0.25, 0.3) is 0 Å². The molecular formula is C22H29N5O5. The Hall–Kier alpha value is -3.24. The summed E-state index contributed by atoms with van der Waals surface area (Å²) in [5.74, 6) is -1.52. The van der Waals surface area contributed by atoms with Crippen LogP contribution in [0.2, 0.25) is 0 Å². The fourth-order valence-electron chi connectivity index (χ4n) is 3.64. The van der Waals surface area contributed by atoms with Crippen molar-refractivity contribution in [2.75, 3.05) is 26.3 Å². The number of nitrogens with zero attached hydrogens (tertiary/aromatic N) is 2. The summed E-state index contributed by atoms with van der Waals surface area (Å²) in [7, 11) is 0. The van der Waals surface area contributed by atoms with Crippen LogP contribution in [0.3, 0.4) is 0 Å². The molecule has 2 atom stereocenters. The average Bonchev–Trinajstić information content (AvgIpc) is 3.26. The second-order valence-corrected chi connectivity index (χ2v) is 8.34. The minimum Gasteiger partial charge on any atom is -0.480 e. The number of aliphatic carboxylic acids is 1. The summed E-state index contributed by atoms with van der Waals surface area (Å²) in [6, 6.07) is 7.05. The van der Waals surface area contributed by atoms with Crippen LogP contribution in [0.5, 0.6) is 0 Å². The van der Waals surface area contributed by atoms with Crippen molar-refractivity contribution < 1.29 is 24.2 Å². The van der Waals surface area contributed by atoms with Crippen LogP contribution < -0.4 is 11.1 Å². The molecule has 1 saturated heterocycles. The number of aromatic nitrogens is 2. The Labute approximate surface area is 186 Å². The molecule has 10 nitrogen and oxygen atoms in total. The van der Waals surface area contributed by atoms with E-state index >= 15 is 0 Å². The van der Waals surface area contributed by atoms with E-state index in [2.05, 4.69) is 15.3 Å². The van der Waals surface area contributed by atoms with E-state index in [0.29, 0.717) is 32.0 Å². The maximum atomic E-state index is 13.5. The van der Waals surface area contributed by atoms with Crippen LogP contribution in [0.1, 0.15) is 35.7 Å². The van der Waals surface area contributed by atoms with Gasteiger partial charge in [0.2, 0.25) is 5.78 Å². The normalized spacial score (nSPS) is 16.3. The molecule has 2 heterocycles. The molecule has 1 aliphatic heterocycles. The van der Waals surface area contributed by atoms with Crippen molar-refractivity contribution >= 4 is 17.8 Å². The molecule has 0 aliphatic carbocycles. The van der Waals surface area contributed by atoms with Gasteiger partial charge in [-0.3, -0.25) is 9.59 Å². The van der Waals surface area contributed by atoms with Gasteiger partial charge in [0, 0.05) is 36.8 Å². The molecule has 2 aromatic rings. The summed E-state index contributed by atoms with van der Waals surface area (Å²) in [4.78, 5) is 46.1. The largest absolute Gasteiger partial charge is 0.480 e. The lowest BCUT2D eigenvalue weighted by Gasteiger charge is -2.36. The fraction of sp³-hybridized carbons (Fsp3) is 0.455. The average molecular weight is 444 g/mol. The molecule has 10 heteroatoms. The molecule has 1 fully saturated rings. The first kappa shape index (κ1) is 23.4. The zero-order valence-electron chi connectivity index (χ0n) is 18.2. The SMILES string of the molecule is CC(C)(c1ccccc1)C(NC(=O)N1CCOCC1)C(=O)c1ncc(CC(N)C(=O)O)[nH]1. The monoisotopic (exact) mass is 443 g/mol. The lowest BCUT2D eigenvalue weighted by Crippen LogP contribution is -2.57. The molecule has 3 rings (SSSR count). The number of Topliss-reactive ketones (excluding diaryl/α,β-unsaturated/α-hetero) is 1. The van der Waals surface area contributed by atoms with Crippen molar-refractivity contribution in [2.45, 2.75) is 37.8 Å². The van der Waals surface area contributed by atoms with E-state index in [1.165, 1.54) is 6.20 Å². The third-order valence-corrected chi connectivity index (χ3v) is 5.69. The third-order valence-electron chi connectivity index (χ3n) is 5.69. The van der Waals surface area contributed by atoms with E-state index in [9.17, 15) is 14.4 Å². The van der Waals surface area contributed by atoms with Gasteiger partial charge < -0.3 is 30.8 Å². The molecule has 1 aromatic heterocycles. The van der Waals surface area contributed by atoms with Gasteiger partial charge in [-0.25, -0.2) is 9.78 Å². The van der Waals surface area contributed by atoms with Crippen molar-refractivity contribution in [2.24, 2.45) is 5.73 Å². The van der Waals surface area contributed by atoms with Crippen LogP contribution in [0.25, 0.3) is 0 Å². The molecule has 1 aliphatic rings. The summed E-state index contributed by atoms with van der Waals surface area (Å²) < 4.78 is 5.30. The number of amides is 2. The van der Waals surface area contributed by atoms with Gasteiger partial charge in [-0.15, -0.1) is 0 Å². The molecule has 172 valence electrons. The number of urea groups is 1. The van der Waals surface area contributed by atoms with Gasteiger partial charge in [0.15, 0.2) is 5.82 Å². The highest BCUT2D eigenvalue weighted by atomic mass is 16.5. The second-order valence-electron chi connectivity index (χ2n) is 8.34. The molecule has 0 radical (unpaired) electrons. The number of ether oxygens (including phenoxy) is 1. The number of hydrogen-bond acceptors (Lipinski definition) is 6. The van der Waals surface area contributed by atoms with Crippen LogP contribution in [0.15, 0.2) is 36.5 Å². The Bertz CT molecular complexity index is 953. The number of carboxylic acid groups (broad SMARTS) is 1. The Balaban J connectivity index is 1.87. The van der Waals surface area contributed by atoms with Gasteiger partial charge in [0.05, 0.1) is 13.2 Å². The highest BCUT2D eigenvalue weighted by Gasteiger charge is 2.40. The van der Waals surface area contributed by atoms with E-state index in [0.717, 1.165) is 5.56 Å². The number of ketones is 1. The molecule has 1 aromatic carbocycles. The highest BCUT2D eigenvalue weighted by molar-refractivity contribution is 6.00. The lowest BCUT2D eigenvalue weighted by molar-refractivity contribution is -0.138. The highest BCUT2D eigenvalue weighted by Crippen LogP contribution is 2.29. The predicted molar refractivity (Wildman–Crippen MR) is 116 cm³/mol. The van der Waals surface area contributed by atoms with Crippen LogP contribution in [-0.2, 0) is 21.4 Å². The number of H-pyrrole nitrogens is 1.